The summed E-state index contributed by atoms with van der Waals surface area (Å²) in [6.07, 6.45) is -5.77. The number of carbonyl (C=O) groups excluding carboxylic acids is 2. The second-order valence-corrected chi connectivity index (χ2v) is 11.0. The van der Waals surface area contributed by atoms with E-state index in [1.54, 1.807) is 4.90 Å². The minimum absolute atomic E-state index is 0.0116. The zero-order valence-electron chi connectivity index (χ0n) is 22.5. The highest BCUT2D eigenvalue weighted by Crippen LogP contribution is 2.42. The summed E-state index contributed by atoms with van der Waals surface area (Å²) in [6.45, 7) is 0.192. The number of halogens is 7. The van der Waals surface area contributed by atoms with Gasteiger partial charge in [-0.2, -0.15) is 26.3 Å². The number of carbonyl (C=O) groups is 2. The van der Waals surface area contributed by atoms with Crippen LogP contribution in [0.4, 0.5) is 38.0 Å². The molecule has 2 aliphatic heterocycles. The van der Waals surface area contributed by atoms with Gasteiger partial charge in [0.15, 0.2) is 0 Å². The lowest BCUT2D eigenvalue weighted by Crippen LogP contribution is -2.41. The van der Waals surface area contributed by atoms with Crippen LogP contribution in [0.3, 0.4) is 0 Å². The normalized spacial score (nSPS) is 19.0. The summed E-state index contributed by atoms with van der Waals surface area (Å²) in [5.74, 6) is -1.97. The lowest BCUT2D eigenvalue weighted by Gasteiger charge is -2.34. The van der Waals surface area contributed by atoms with E-state index in [0.717, 1.165) is 16.7 Å². The first-order chi connectivity index (χ1) is 20.7. The fourth-order valence-corrected chi connectivity index (χ4v) is 6.09. The Kier molecular flexibility index (Phi) is 7.18. The van der Waals surface area contributed by atoms with Crippen LogP contribution < -0.4 is 11.1 Å². The maximum atomic E-state index is 14.2. The van der Waals surface area contributed by atoms with Gasteiger partial charge in [-0.05, 0) is 43.5 Å². The Bertz CT molecular complexity index is 1810. The summed E-state index contributed by atoms with van der Waals surface area (Å²) in [5.41, 5.74) is 3.93. The quantitative estimate of drug-likeness (QED) is 0.258. The van der Waals surface area contributed by atoms with Crippen molar-refractivity contribution in [1.82, 2.24) is 24.3 Å². The first-order valence-corrected chi connectivity index (χ1v) is 13.8. The fraction of sp³-hybridized carbons (Fsp3) is 0.321. The van der Waals surface area contributed by atoms with Gasteiger partial charge in [-0.25, -0.2) is 15.0 Å². The molecule has 6 rings (SSSR count). The van der Waals surface area contributed by atoms with Gasteiger partial charge in [0.1, 0.15) is 34.4 Å². The molecule has 16 heteroatoms. The Labute approximate surface area is 250 Å². The number of imidazole rings is 1. The Balaban J connectivity index is 1.40. The van der Waals surface area contributed by atoms with Crippen LogP contribution in [0.2, 0.25) is 5.02 Å². The van der Waals surface area contributed by atoms with E-state index in [-0.39, 0.29) is 63.3 Å². The molecule has 5 heterocycles. The summed E-state index contributed by atoms with van der Waals surface area (Å²) in [4.78, 5) is 39.1. The highest BCUT2D eigenvalue weighted by Gasteiger charge is 2.41. The number of pyridine rings is 1. The predicted molar refractivity (Wildman–Crippen MR) is 147 cm³/mol. The SMILES string of the molecule is Nc1ncc(C(F)(F)F)n2c([C@@H]3CC[C@H]4CCC(=O)N4C3)nc(-c3ccc(C(=O)Nc4cc(C(F)(F)F)ccn4)cc3Cl)c12. The van der Waals surface area contributed by atoms with Crippen molar-refractivity contribution in [2.45, 2.75) is 50.0 Å². The summed E-state index contributed by atoms with van der Waals surface area (Å²) in [6, 6.07) is 5.31. The van der Waals surface area contributed by atoms with Crippen molar-refractivity contribution in [2.24, 2.45) is 0 Å². The Morgan fingerprint density at radius 3 is 2.50 bits per heavy atom. The Hall–Kier alpha value is -4.40. The van der Waals surface area contributed by atoms with Crippen LogP contribution in [0.5, 0.6) is 0 Å². The number of nitrogens with one attached hydrogen (secondary N) is 1. The Morgan fingerprint density at radius 2 is 1.80 bits per heavy atom. The van der Waals surface area contributed by atoms with Crippen LogP contribution in [0.25, 0.3) is 16.8 Å². The van der Waals surface area contributed by atoms with Crippen molar-refractivity contribution in [2.75, 3.05) is 17.6 Å². The summed E-state index contributed by atoms with van der Waals surface area (Å²) >= 11 is 6.54. The van der Waals surface area contributed by atoms with E-state index in [9.17, 15) is 35.9 Å². The lowest BCUT2D eigenvalue weighted by molar-refractivity contribution is -0.142. The van der Waals surface area contributed by atoms with Gasteiger partial charge < -0.3 is 16.0 Å². The van der Waals surface area contributed by atoms with Crippen LogP contribution >= 0.6 is 11.6 Å². The third-order valence-electron chi connectivity index (χ3n) is 7.90. The van der Waals surface area contributed by atoms with Crippen LogP contribution in [-0.2, 0) is 17.1 Å². The van der Waals surface area contributed by atoms with Gasteiger partial charge in [-0.3, -0.25) is 14.0 Å². The van der Waals surface area contributed by atoms with E-state index in [1.807, 2.05) is 0 Å². The van der Waals surface area contributed by atoms with E-state index in [2.05, 4.69) is 20.3 Å². The van der Waals surface area contributed by atoms with Crippen molar-refractivity contribution >= 4 is 40.6 Å². The van der Waals surface area contributed by atoms with E-state index in [0.29, 0.717) is 37.9 Å². The number of aromatic nitrogens is 4. The van der Waals surface area contributed by atoms with Gasteiger partial charge in [0, 0.05) is 42.2 Å². The molecule has 0 unspecified atom stereocenters. The molecule has 1 aromatic carbocycles. The monoisotopic (exact) mass is 637 g/mol. The van der Waals surface area contributed by atoms with Crippen LogP contribution in [0, 0.1) is 0 Å². The standard InChI is InChI=1S/C28H22ClF6N7O2/c29-18-9-13(26(44)39-20-10-15(7-8-37-20)27(30,31)32)2-5-17(18)22-23-24(36)38-11-19(28(33,34)35)42(23)25(40-22)14-1-3-16-4-6-21(43)41(16)12-14/h2,5,7-11,14,16H,1,3-4,6,12H2,(H2,36,38)(H,37,39,44)/t14-,16+/m1/s1. The highest BCUT2D eigenvalue weighted by atomic mass is 35.5. The molecule has 2 fully saturated rings. The maximum Gasteiger partial charge on any atom is 0.433 e. The number of fused-ring (bicyclic) bond motifs is 2. The minimum atomic E-state index is -4.82. The largest absolute Gasteiger partial charge is 0.433 e. The first kappa shape index (κ1) is 29.7. The minimum Gasteiger partial charge on any atom is -0.382 e. The molecule has 9 nitrogen and oxygen atoms in total. The lowest BCUT2D eigenvalue weighted by atomic mass is 9.92. The zero-order valence-corrected chi connectivity index (χ0v) is 23.3. The van der Waals surface area contributed by atoms with E-state index in [1.165, 1.54) is 18.2 Å². The molecule has 2 aliphatic rings. The summed E-state index contributed by atoms with van der Waals surface area (Å²) in [5, 5.41) is 2.19. The smallest absolute Gasteiger partial charge is 0.382 e. The Morgan fingerprint density at radius 1 is 1.02 bits per heavy atom. The maximum absolute atomic E-state index is 14.2. The number of benzene rings is 1. The molecule has 3 N–H and O–H groups in total. The molecule has 0 bridgehead atoms. The molecule has 2 amide bonds. The predicted octanol–water partition coefficient (Wildman–Crippen LogP) is 6.19. The number of hydrogen-bond donors (Lipinski definition) is 2. The number of nitrogens with zero attached hydrogens (tertiary/aromatic N) is 5. The number of piperidine rings is 1. The summed E-state index contributed by atoms with van der Waals surface area (Å²) in [7, 11) is 0. The van der Waals surface area contributed by atoms with Crippen molar-refractivity contribution in [3.63, 3.8) is 0 Å². The summed E-state index contributed by atoms with van der Waals surface area (Å²) < 4.78 is 82.8. The van der Waals surface area contributed by atoms with Gasteiger partial charge in [0.05, 0.1) is 16.8 Å². The molecular weight excluding hydrogens is 616 g/mol. The molecule has 4 aromatic rings. The molecule has 0 aliphatic carbocycles. The van der Waals surface area contributed by atoms with Crippen LogP contribution in [0.1, 0.15) is 59.0 Å². The third-order valence-corrected chi connectivity index (χ3v) is 8.21. The van der Waals surface area contributed by atoms with Gasteiger partial charge >= 0.3 is 12.4 Å². The fourth-order valence-electron chi connectivity index (χ4n) is 5.82. The topological polar surface area (TPSA) is 119 Å². The number of hydrogen-bond acceptors (Lipinski definition) is 6. The van der Waals surface area contributed by atoms with E-state index in [4.69, 9.17) is 17.3 Å². The van der Waals surface area contributed by atoms with E-state index < -0.39 is 35.4 Å². The third kappa shape index (κ3) is 5.29. The highest BCUT2D eigenvalue weighted by molar-refractivity contribution is 6.34. The molecule has 230 valence electrons. The molecule has 0 radical (unpaired) electrons. The number of nitrogen functional groups attached to an aromatic ring is 1. The van der Waals surface area contributed by atoms with Crippen LogP contribution in [0.15, 0.2) is 42.7 Å². The number of amides is 2. The second-order valence-electron chi connectivity index (χ2n) is 10.6. The van der Waals surface area contributed by atoms with Crippen molar-refractivity contribution in [3.05, 3.63) is 70.4 Å². The number of rotatable bonds is 4. The van der Waals surface area contributed by atoms with E-state index >= 15 is 0 Å². The van der Waals surface area contributed by atoms with Gasteiger partial charge in [0.2, 0.25) is 5.91 Å². The number of nitrogens with two attached hydrogens (primary N) is 1. The molecule has 0 spiro atoms. The average Bonchev–Trinajstić information content (AvgIpc) is 3.53. The number of alkyl halides is 6. The molecular formula is C28H22ClF6N7O2. The molecule has 3 aromatic heterocycles. The molecule has 2 saturated heterocycles. The second kappa shape index (κ2) is 10.6. The van der Waals surface area contributed by atoms with Crippen molar-refractivity contribution in [3.8, 4) is 11.3 Å². The van der Waals surface area contributed by atoms with Gasteiger partial charge in [-0.1, -0.05) is 17.7 Å². The average molecular weight is 638 g/mol. The van der Waals surface area contributed by atoms with Gasteiger partial charge in [-0.15, -0.1) is 0 Å². The van der Waals surface area contributed by atoms with Crippen molar-refractivity contribution < 1.29 is 35.9 Å². The number of anilines is 2. The van der Waals surface area contributed by atoms with Gasteiger partial charge in [0.25, 0.3) is 5.91 Å². The van der Waals surface area contributed by atoms with Crippen LogP contribution in [-0.4, -0.2) is 48.7 Å². The van der Waals surface area contributed by atoms with Crippen molar-refractivity contribution in [1.29, 1.82) is 0 Å². The first-order valence-electron chi connectivity index (χ1n) is 13.4. The molecule has 2 atom stereocenters. The molecule has 0 saturated carbocycles. The molecule has 44 heavy (non-hydrogen) atoms. The zero-order chi connectivity index (χ0) is 31.6.